The van der Waals surface area contributed by atoms with Gasteiger partial charge in [0.15, 0.2) is 17.3 Å². The van der Waals surface area contributed by atoms with E-state index < -0.39 is 11.6 Å². The highest BCUT2D eigenvalue weighted by molar-refractivity contribution is 9.10. The molecule has 0 spiro atoms. The summed E-state index contributed by atoms with van der Waals surface area (Å²) in [6.45, 7) is 0. The number of methoxy groups -OCH3 is 1. The Balaban J connectivity index is 2.30. The average Bonchev–Trinajstić information content (AvgIpc) is 2.43. The Kier molecular flexibility index (Phi) is 4.49. The Bertz CT molecular complexity index is 656. The standard InChI is InChI=1S/C15H11BrF2O2/c1-20-14-4-2-3-9(15(14)18)7-13(19)11-8-10(17)5-6-12(11)16/h2-6,8H,7H2,1H3. The van der Waals surface area contributed by atoms with E-state index in [1.165, 1.54) is 31.4 Å². The summed E-state index contributed by atoms with van der Waals surface area (Å²) in [4.78, 5) is 12.1. The Hall–Kier alpha value is -1.75. The number of carbonyl (C=O) groups is 1. The van der Waals surface area contributed by atoms with Gasteiger partial charge in [0, 0.05) is 16.5 Å². The van der Waals surface area contributed by atoms with Gasteiger partial charge in [-0.2, -0.15) is 0 Å². The summed E-state index contributed by atoms with van der Waals surface area (Å²) < 4.78 is 32.5. The lowest BCUT2D eigenvalue weighted by Gasteiger charge is -2.08. The second-order valence-electron chi connectivity index (χ2n) is 4.16. The number of ketones is 1. The minimum atomic E-state index is -0.573. The van der Waals surface area contributed by atoms with E-state index in [-0.39, 0.29) is 29.1 Å². The van der Waals surface area contributed by atoms with Crippen molar-refractivity contribution in [3.05, 3.63) is 63.6 Å². The first kappa shape index (κ1) is 14.7. The minimum Gasteiger partial charge on any atom is -0.494 e. The molecule has 5 heteroatoms. The van der Waals surface area contributed by atoms with E-state index in [1.807, 2.05) is 0 Å². The third-order valence-electron chi connectivity index (χ3n) is 2.84. The van der Waals surface area contributed by atoms with E-state index in [0.29, 0.717) is 4.47 Å². The topological polar surface area (TPSA) is 26.3 Å². The molecule has 0 radical (unpaired) electrons. The van der Waals surface area contributed by atoms with E-state index in [2.05, 4.69) is 15.9 Å². The van der Waals surface area contributed by atoms with Crippen molar-refractivity contribution in [1.82, 2.24) is 0 Å². The van der Waals surface area contributed by atoms with Crippen LogP contribution in [-0.2, 0) is 6.42 Å². The fraction of sp³-hybridized carbons (Fsp3) is 0.133. The molecule has 0 bridgehead atoms. The van der Waals surface area contributed by atoms with E-state index in [0.717, 1.165) is 6.07 Å². The summed E-state index contributed by atoms with van der Waals surface area (Å²) in [5, 5.41) is 0. The normalized spacial score (nSPS) is 10.4. The van der Waals surface area contributed by atoms with E-state index in [1.54, 1.807) is 6.07 Å². The molecule has 2 nitrogen and oxygen atoms in total. The maximum absolute atomic E-state index is 14.0. The Morgan fingerprint density at radius 3 is 2.70 bits per heavy atom. The largest absolute Gasteiger partial charge is 0.494 e. The van der Waals surface area contributed by atoms with Crippen molar-refractivity contribution in [3.8, 4) is 5.75 Å². The Morgan fingerprint density at radius 1 is 1.25 bits per heavy atom. The maximum atomic E-state index is 14.0. The highest BCUT2D eigenvalue weighted by Gasteiger charge is 2.16. The zero-order valence-corrected chi connectivity index (χ0v) is 12.2. The van der Waals surface area contributed by atoms with Crippen LogP contribution in [0.1, 0.15) is 15.9 Å². The predicted octanol–water partition coefficient (Wildman–Crippen LogP) is 4.16. The molecule has 0 atom stereocenters. The zero-order chi connectivity index (χ0) is 14.7. The third kappa shape index (κ3) is 3.04. The van der Waals surface area contributed by atoms with Crippen LogP contribution in [-0.4, -0.2) is 12.9 Å². The van der Waals surface area contributed by atoms with Crippen LogP contribution in [0.5, 0.6) is 5.75 Å². The first-order valence-electron chi connectivity index (χ1n) is 5.82. The number of benzene rings is 2. The van der Waals surface area contributed by atoms with Crippen LogP contribution in [0, 0.1) is 11.6 Å². The van der Waals surface area contributed by atoms with Crippen LogP contribution in [0.4, 0.5) is 8.78 Å². The number of hydrogen-bond donors (Lipinski definition) is 0. The number of halogens is 3. The van der Waals surface area contributed by atoms with Crippen LogP contribution in [0.15, 0.2) is 40.9 Å². The second-order valence-corrected chi connectivity index (χ2v) is 5.01. The van der Waals surface area contributed by atoms with E-state index in [4.69, 9.17) is 4.74 Å². The van der Waals surface area contributed by atoms with Gasteiger partial charge in [0.05, 0.1) is 7.11 Å². The molecule has 0 fully saturated rings. The highest BCUT2D eigenvalue weighted by atomic mass is 79.9. The van der Waals surface area contributed by atoms with Gasteiger partial charge in [-0.1, -0.05) is 28.1 Å². The van der Waals surface area contributed by atoms with Crippen molar-refractivity contribution in [2.24, 2.45) is 0 Å². The summed E-state index contributed by atoms with van der Waals surface area (Å²) in [6, 6.07) is 8.40. The summed E-state index contributed by atoms with van der Waals surface area (Å²) in [6.07, 6.45) is -0.162. The predicted molar refractivity (Wildman–Crippen MR) is 75.1 cm³/mol. The maximum Gasteiger partial charge on any atom is 0.168 e. The van der Waals surface area contributed by atoms with Crippen molar-refractivity contribution in [2.45, 2.75) is 6.42 Å². The van der Waals surface area contributed by atoms with E-state index >= 15 is 0 Å². The summed E-state index contributed by atoms with van der Waals surface area (Å²) in [7, 11) is 1.35. The van der Waals surface area contributed by atoms with Gasteiger partial charge in [-0.05, 0) is 29.8 Å². The number of Topliss-reactive ketones (excluding diaryl/α,β-unsaturated/α-hetero) is 1. The van der Waals surface area contributed by atoms with Gasteiger partial charge in [0.2, 0.25) is 0 Å². The van der Waals surface area contributed by atoms with Gasteiger partial charge in [-0.25, -0.2) is 8.78 Å². The average molecular weight is 341 g/mol. The van der Waals surface area contributed by atoms with Crippen LogP contribution in [0.25, 0.3) is 0 Å². The lowest BCUT2D eigenvalue weighted by Crippen LogP contribution is -2.07. The quantitative estimate of drug-likeness (QED) is 0.781. The molecule has 0 aliphatic carbocycles. The fourth-order valence-electron chi connectivity index (χ4n) is 1.83. The molecule has 0 N–H and O–H groups in total. The molecule has 0 unspecified atom stereocenters. The van der Waals surface area contributed by atoms with Crippen molar-refractivity contribution in [2.75, 3.05) is 7.11 Å². The van der Waals surface area contributed by atoms with Crippen LogP contribution >= 0.6 is 15.9 Å². The SMILES string of the molecule is COc1cccc(CC(=O)c2cc(F)ccc2Br)c1F. The fourth-order valence-corrected chi connectivity index (χ4v) is 2.30. The number of carbonyl (C=O) groups excluding carboxylic acids is 1. The highest BCUT2D eigenvalue weighted by Crippen LogP contribution is 2.24. The van der Waals surface area contributed by atoms with E-state index in [9.17, 15) is 13.6 Å². The molecular formula is C15H11BrF2O2. The molecule has 0 amide bonds. The van der Waals surface area contributed by atoms with Gasteiger partial charge in [0.25, 0.3) is 0 Å². The Labute approximate surface area is 123 Å². The minimum absolute atomic E-state index is 0.0774. The molecular weight excluding hydrogens is 330 g/mol. The summed E-state index contributed by atoms with van der Waals surface area (Å²) in [5.74, 6) is -1.38. The summed E-state index contributed by atoms with van der Waals surface area (Å²) >= 11 is 3.19. The lowest BCUT2D eigenvalue weighted by atomic mass is 10.0. The van der Waals surface area contributed by atoms with Gasteiger partial charge >= 0.3 is 0 Å². The molecule has 0 aliphatic heterocycles. The van der Waals surface area contributed by atoms with Gasteiger partial charge in [0.1, 0.15) is 5.82 Å². The molecule has 0 aliphatic rings. The molecule has 2 aromatic carbocycles. The smallest absolute Gasteiger partial charge is 0.168 e. The van der Waals surface area contributed by atoms with Crippen LogP contribution in [0.2, 0.25) is 0 Å². The van der Waals surface area contributed by atoms with Gasteiger partial charge < -0.3 is 4.74 Å². The molecule has 104 valence electrons. The summed E-state index contributed by atoms with van der Waals surface area (Å²) in [5.41, 5.74) is 0.401. The number of ether oxygens (including phenoxy) is 1. The molecule has 0 saturated carbocycles. The molecule has 2 rings (SSSR count). The van der Waals surface area contributed by atoms with Crippen molar-refractivity contribution in [1.29, 1.82) is 0 Å². The van der Waals surface area contributed by atoms with Crippen LogP contribution < -0.4 is 4.74 Å². The number of hydrogen-bond acceptors (Lipinski definition) is 2. The number of rotatable bonds is 4. The second kappa shape index (κ2) is 6.13. The Morgan fingerprint density at radius 2 is 2.00 bits per heavy atom. The van der Waals surface area contributed by atoms with Gasteiger partial charge in [-0.15, -0.1) is 0 Å². The van der Waals surface area contributed by atoms with Crippen molar-refractivity contribution >= 4 is 21.7 Å². The molecule has 0 heterocycles. The molecule has 2 aromatic rings. The zero-order valence-electron chi connectivity index (χ0n) is 10.6. The third-order valence-corrected chi connectivity index (χ3v) is 3.53. The lowest BCUT2D eigenvalue weighted by molar-refractivity contribution is 0.0990. The first-order valence-corrected chi connectivity index (χ1v) is 6.62. The van der Waals surface area contributed by atoms with Crippen molar-refractivity contribution in [3.63, 3.8) is 0 Å². The molecule has 0 aromatic heterocycles. The first-order chi connectivity index (χ1) is 9.52. The van der Waals surface area contributed by atoms with Crippen LogP contribution in [0.3, 0.4) is 0 Å². The monoisotopic (exact) mass is 340 g/mol. The molecule has 0 saturated heterocycles. The molecule has 20 heavy (non-hydrogen) atoms. The van der Waals surface area contributed by atoms with Gasteiger partial charge in [-0.3, -0.25) is 4.79 Å². The van der Waals surface area contributed by atoms with Crippen molar-refractivity contribution < 1.29 is 18.3 Å².